The van der Waals surface area contributed by atoms with Gasteiger partial charge in [-0.3, -0.25) is 4.68 Å². The van der Waals surface area contributed by atoms with Gasteiger partial charge in [-0.2, -0.15) is 5.10 Å². The Kier molecular flexibility index (Phi) is 2.23. The van der Waals surface area contributed by atoms with Crippen LogP contribution in [0.2, 0.25) is 5.02 Å². The lowest BCUT2D eigenvalue weighted by Crippen LogP contribution is -2.21. The van der Waals surface area contributed by atoms with Crippen molar-refractivity contribution in [3.8, 4) is 0 Å². The van der Waals surface area contributed by atoms with Gasteiger partial charge in [0.2, 0.25) is 0 Å². The van der Waals surface area contributed by atoms with Crippen LogP contribution in [0.5, 0.6) is 0 Å². The highest BCUT2D eigenvalue weighted by molar-refractivity contribution is 6.31. The van der Waals surface area contributed by atoms with Crippen molar-refractivity contribution >= 4 is 17.6 Å². The summed E-state index contributed by atoms with van der Waals surface area (Å²) in [5.41, 5.74) is 0.679. The van der Waals surface area contributed by atoms with Gasteiger partial charge in [0, 0.05) is 6.20 Å². The molecular weight excluding hydrogens is 204 g/mol. The van der Waals surface area contributed by atoms with Crippen LogP contribution in [-0.2, 0) is 4.79 Å². The summed E-state index contributed by atoms with van der Waals surface area (Å²) in [5.74, 6) is -0.602. The van der Waals surface area contributed by atoms with Gasteiger partial charge in [-0.25, -0.2) is 4.79 Å². The SMILES string of the molecule is Cc1nn(C(C(=O)O)C2CC2)cc1Cl. The van der Waals surface area contributed by atoms with Crippen molar-refractivity contribution < 1.29 is 9.90 Å². The van der Waals surface area contributed by atoms with Crippen molar-refractivity contribution in [2.24, 2.45) is 5.92 Å². The van der Waals surface area contributed by atoms with E-state index in [-0.39, 0.29) is 5.92 Å². The summed E-state index contributed by atoms with van der Waals surface area (Å²) in [4.78, 5) is 11.0. The van der Waals surface area contributed by atoms with Crippen LogP contribution in [0.1, 0.15) is 24.6 Å². The van der Waals surface area contributed by atoms with Gasteiger partial charge in [0.25, 0.3) is 0 Å². The number of carbonyl (C=O) groups is 1. The molecule has 0 bridgehead atoms. The summed E-state index contributed by atoms with van der Waals surface area (Å²) in [5, 5.41) is 13.7. The summed E-state index contributed by atoms with van der Waals surface area (Å²) in [6, 6.07) is -0.541. The minimum atomic E-state index is -0.827. The predicted molar refractivity (Wildman–Crippen MR) is 51.4 cm³/mol. The first-order chi connectivity index (χ1) is 6.59. The lowest BCUT2D eigenvalue weighted by molar-refractivity contribution is -0.141. The smallest absolute Gasteiger partial charge is 0.328 e. The average Bonchev–Trinajstić information content (AvgIpc) is 2.82. The van der Waals surface area contributed by atoms with E-state index in [9.17, 15) is 4.79 Å². The minimum absolute atomic E-state index is 0.225. The minimum Gasteiger partial charge on any atom is -0.480 e. The molecule has 5 heteroatoms. The first-order valence-corrected chi connectivity index (χ1v) is 4.91. The van der Waals surface area contributed by atoms with E-state index in [0.717, 1.165) is 12.8 Å². The molecule has 1 fully saturated rings. The van der Waals surface area contributed by atoms with Gasteiger partial charge in [0.05, 0.1) is 10.7 Å². The lowest BCUT2D eigenvalue weighted by atomic mass is 10.2. The fourth-order valence-electron chi connectivity index (χ4n) is 1.54. The molecule has 1 saturated carbocycles. The number of carboxylic acids is 1. The Morgan fingerprint density at radius 3 is 2.79 bits per heavy atom. The third-order valence-electron chi connectivity index (χ3n) is 2.46. The van der Waals surface area contributed by atoms with Crippen LogP contribution >= 0.6 is 11.6 Å². The second-order valence-corrected chi connectivity index (χ2v) is 4.07. The number of aryl methyl sites for hydroxylation is 1. The molecule has 4 nitrogen and oxygen atoms in total. The molecule has 0 aliphatic heterocycles. The molecule has 1 aromatic heterocycles. The van der Waals surface area contributed by atoms with E-state index in [4.69, 9.17) is 16.7 Å². The zero-order chi connectivity index (χ0) is 10.3. The molecule has 0 spiro atoms. The molecule has 1 aliphatic carbocycles. The van der Waals surface area contributed by atoms with Crippen molar-refractivity contribution in [2.45, 2.75) is 25.8 Å². The van der Waals surface area contributed by atoms with Crippen molar-refractivity contribution in [3.63, 3.8) is 0 Å². The van der Waals surface area contributed by atoms with Crippen LogP contribution in [-0.4, -0.2) is 20.9 Å². The van der Waals surface area contributed by atoms with E-state index >= 15 is 0 Å². The summed E-state index contributed by atoms with van der Waals surface area (Å²) in [6.07, 6.45) is 3.52. The summed E-state index contributed by atoms with van der Waals surface area (Å²) >= 11 is 5.83. The molecule has 0 radical (unpaired) electrons. The van der Waals surface area contributed by atoms with E-state index in [2.05, 4.69) is 5.10 Å². The number of aliphatic carboxylic acids is 1. The van der Waals surface area contributed by atoms with Crippen molar-refractivity contribution in [1.82, 2.24) is 9.78 Å². The molecule has 1 heterocycles. The molecule has 1 unspecified atom stereocenters. The molecule has 1 atom stereocenters. The van der Waals surface area contributed by atoms with Crippen LogP contribution < -0.4 is 0 Å². The summed E-state index contributed by atoms with van der Waals surface area (Å²) in [6.45, 7) is 1.77. The molecule has 2 rings (SSSR count). The van der Waals surface area contributed by atoms with Gasteiger partial charge in [0.15, 0.2) is 6.04 Å². The predicted octanol–water partition coefficient (Wildman–Crippen LogP) is 1.88. The Balaban J connectivity index is 2.30. The fraction of sp³-hybridized carbons (Fsp3) is 0.556. The molecule has 14 heavy (non-hydrogen) atoms. The number of hydrogen-bond donors (Lipinski definition) is 1. The van der Waals surface area contributed by atoms with Crippen molar-refractivity contribution in [2.75, 3.05) is 0 Å². The number of aromatic nitrogens is 2. The van der Waals surface area contributed by atoms with Crippen molar-refractivity contribution in [3.05, 3.63) is 16.9 Å². The van der Waals surface area contributed by atoms with Gasteiger partial charge < -0.3 is 5.11 Å². The highest BCUT2D eigenvalue weighted by atomic mass is 35.5. The Morgan fingerprint density at radius 2 is 2.43 bits per heavy atom. The van der Waals surface area contributed by atoms with E-state index in [1.54, 1.807) is 13.1 Å². The maximum absolute atomic E-state index is 11.0. The Morgan fingerprint density at radius 1 is 1.79 bits per heavy atom. The first kappa shape index (κ1) is 9.52. The number of rotatable bonds is 3. The third kappa shape index (κ3) is 1.62. The standard InChI is InChI=1S/C9H11ClN2O2/c1-5-7(10)4-12(11-5)8(9(13)14)6-2-3-6/h4,6,8H,2-3H2,1H3,(H,13,14). The largest absolute Gasteiger partial charge is 0.480 e. The van der Waals surface area contributed by atoms with Gasteiger partial charge in [-0.05, 0) is 25.7 Å². The second-order valence-electron chi connectivity index (χ2n) is 3.66. The molecule has 1 N–H and O–H groups in total. The molecule has 1 aromatic rings. The summed E-state index contributed by atoms with van der Waals surface area (Å²) < 4.78 is 1.47. The summed E-state index contributed by atoms with van der Waals surface area (Å²) in [7, 11) is 0. The van der Waals surface area contributed by atoms with Gasteiger partial charge >= 0.3 is 5.97 Å². The molecule has 1 aliphatic rings. The van der Waals surface area contributed by atoms with Gasteiger partial charge in [-0.1, -0.05) is 11.6 Å². The first-order valence-electron chi connectivity index (χ1n) is 4.53. The molecule has 76 valence electrons. The van der Waals surface area contributed by atoms with Gasteiger partial charge in [-0.15, -0.1) is 0 Å². The van der Waals surface area contributed by atoms with Crippen LogP contribution in [0.25, 0.3) is 0 Å². The molecule has 0 amide bonds. The van der Waals surface area contributed by atoms with Crippen LogP contribution in [0.4, 0.5) is 0 Å². The maximum atomic E-state index is 11.0. The van der Waals surface area contributed by atoms with Crippen LogP contribution in [0.3, 0.4) is 0 Å². The normalized spacial score (nSPS) is 18.1. The Labute approximate surface area is 86.5 Å². The molecular formula is C9H11ClN2O2. The average molecular weight is 215 g/mol. The lowest BCUT2D eigenvalue weighted by Gasteiger charge is -2.10. The fourth-order valence-corrected chi connectivity index (χ4v) is 1.68. The highest BCUT2D eigenvalue weighted by Gasteiger charge is 2.38. The monoisotopic (exact) mass is 214 g/mol. The zero-order valence-electron chi connectivity index (χ0n) is 7.77. The van der Waals surface area contributed by atoms with Crippen molar-refractivity contribution in [1.29, 1.82) is 0 Å². The number of nitrogens with zero attached hydrogens (tertiary/aromatic N) is 2. The molecule has 0 aromatic carbocycles. The number of carboxylic acid groups (broad SMARTS) is 1. The third-order valence-corrected chi connectivity index (χ3v) is 2.83. The Bertz CT molecular complexity index is 351. The Hall–Kier alpha value is -1.03. The van der Waals surface area contributed by atoms with E-state index < -0.39 is 12.0 Å². The topological polar surface area (TPSA) is 55.1 Å². The maximum Gasteiger partial charge on any atom is 0.328 e. The highest BCUT2D eigenvalue weighted by Crippen LogP contribution is 2.40. The number of halogens is 1. The van der Waals surface area contributed by atoms with Gasteiger partial charge in [0.1, 0.15) is 0 Å². The number of hydrogen-bond acceptors (Lipinski definition) is 2. The quantitative estimate of drug-likeness (QED) is 0.836. The molecule has 0 saturated heterocycles. The van der Waals surface area contributed by atoms with E-state index in [1.807, 2.05) is 0 Å². The zero-order valence-corrected chi connectivity index (χ0v) is 8.53. The van der Waals surface area contributed by atoms with Crippen LogP contribution in [0, 0.1) is 12.8 Å². The second kappa shape index (κ2) is 3.28. The van der Waals surface area contributed by atoms with Crippen LogP contribution in [0.15, 0.2) is 6.20 Å². The van der Waals surface area contributed by atoms with E-state index in [0.29, 0.717) is 10.7 Å². The van der Waals surface area contributed by atoms with E-state index in [1.165, 1.54) is 4.68 Å².